The van der Waals surface area contributed by atoms with E-state index < -0.39 is 0 Å². The van der Waals surface area contributed by atoms with Crippen molar-refractivity contribution >= 4 is 13.6 Å². The van der Waals surface area contributed by atoms with Gasteiger partial charge in [0.1, 0.15) is 0 Å². The van der Waals surface area contributed by atoms with E-state index in [-0.39, 0.29) is 6.61 Å². The topological polar surface area (TPSA) is 20.2 Å². The summed E-state index contributed by atoms with van der Waals surface area (Å²) in [6.45, 7) is 4.62. The Bertz CT molecular complexity index is 24.8. The molecule has 0 bridgehead atoms. The van der Waals surface area contributed by atoms with E-state index >= 15 is 0 Å². The molecule has 1 nitrogen and oxygen atoms in total. The summed E-state index contributed by atoms with van der Waals surface area (Å²) in [7, 11) is 0. The second kappa shape index (κ2) is 17.0. The number of rotatable bonds is 1. The second-order valence-electron chi connectivity index (χ2n) is 0.418. The third-order valence-corrected chi connectivity index (χ3v) is 0.105. The molecule has 0 saturated carbocycles. The third-order valence-electron chi connectivity index (χ3n) is 0.105. The van der Waals surface area contributed by atoms with Gasteiger partial charge in [0.2, 0.25) is 0 Å². The number of aliphatic hydroxyl groups is 1. The van der Waals surface area contributed by atoms with Crippen molar-refractivity contribution in [2.24, 2.45) is 0 Å². The van der Waals surface area contributed by atoms with E-state index in [9.17, 15) is 0 Å². The average molecular weight is 202 g/mol. The monoisotopic (exact) mass is 200 g/mol. The van der Waals surface area contributed by atoms with Crippen molar-refractivity contribution in [1.82, 2.24) is 0 Å². The van der Waals surface area contributed by atoms with E-state index in [0.717, 1.165) is 0 Å². The zero-order chi connectivity index (χ0) is 5.41. The molecule has 3 heteroatoms. The van der Waals surface area contributed by atoms with Gasteiger partial charge in [-0.15, -0.1) is 0 Å². The Morgan fingerprint density at radius 1 is 1.83 bits per heavy atom. The molecule has 0 aliphatic heterocycles. The molecule has 1 N–H and O–H groups in total. The summed E-state index contributed by atoms with van der Waals surface area (Å²) in [4.78, 5) is 0. The summed E-state index contributed by atoms with van der Waals surface area (Å²) in [5.74, 6) is 0. The molecule has 0 aliphatic carbocycles. The van der Waals surface area contributed by atoms with Crippen LogP contribution >= 0.6 is 13.6 Å². The van der Waals surface area contributed by atoms with E-state index in [1.807, 2.05) is 0 Å². The van der Waals surface area contributed by atoms with Crippen LogP contribution in [0.2, 0.25) is 0 Å². The van der Waals surface area contributed by atoms with Gasteiger partial charge in [0.25, 0.3) is 0 Å². The van der Waals surface area contributed by atoms with Gasteiger partial charge in [0, 0.05) is 6.61 Å². The van der Waals surface area contributed by atoms with Crippen molar-refractivity contribution in [2.75, 3.05) is 6.61 Å². The van der Waals surface area contributed by atoms with Crippen LogP contribution in [0.4, 0.5) is 0 Å². The molecule has 32 valence electrons. The van der Waals surface area contributed by atoms with Crippen molar-refractivity contribution < 1.29 is 21.4 Å². The van der Waals surface area contributed by atoms with Gasteiger partial charge in [-0.1, -0.05) is 0 Å². The molecule has 0 aliphatic rings. The molecule has 6 heavy (non-hydrogen) atoms. The summed E-state index contributed by atoms with van der Waals surface area (Å²) in [5.41, 5.74) is 0. The summed E-state index contributed by atoms with van der Waals surface area (Å²) in [6, 6.07) is 0. The molecule has 0 rings (SSSR count). The summed E-state index contributed by atoms with van der Waals surface area (Å²) in [5, 5.41) is 7.69. The third kappa shape index (κ3) is 21.4. The maximum atomic E-state index is 7.69. The van der Waals surface area contributed by atoms with E-state index in [1.165, 1.54) is 22.4 Å². The van der Waals surface area contributed by atoms with Crippen LogP contribution < -0.4 is 0 Å². The Morgan fingerprint density at radius 2 is 2.00 bits per heavy atom. The van der Waals surface area contributed by atoms with E-state index in [2.05, 4.69) is 20.2 Å². The minimum atomic E-state index is -0.0278. The summed E-state index contributed by atoms with van der Waals surface area (Å²) in [6.07, 6.45) is 1.18. The van der Waals surface area contributed by atoms with E-state index in [4.69, 9.17) is 5.11 Å². The molecule has 0 heterocycles. The Morgan fingerprint density at radius 3 is 2.00 bits per heavy atom. The van der Waals surface area contributed by atoms with Crippen LogP contribution in [0.3, 0.4) is 0 Å². The van der Waals surface area contributed by atoms with Crippen LogP contribution in [-0.4, -0.2) is 11.7 Å². The summed E-state index contributed by atoms with van der Waals surface area (Å²) >= 11 is 4.25. The van der Waals surface area contributed by atoms with E-state index in [0.29, 0.717) is 0 Å². The zero-order valence-corrected chi connectivity index (χ0v) is 7.95. The van der Waals surface area contributed by atoms with Crippen LogP contribution in [0.15, 0.2) is 6.08 Å². The molecule has 0 aromatic rings. The molecule has 0 aromatic heterocycles. The molecular weight excluding hydrogens is 197 g/mol. The fourth-order valence-electron chi connectivity index (χ4n) is 0. The SMILES string of the molecule is [CH-]=CCO.[Zn+][Br]. The number of halogens is 1. The molecular formula is C3H5BrOZn. The molecule has 0 unspecified atom stereocenters. The molecule has 0 saturated heterocycles. The first-order chi connectivity index (χ1) is 2.91. The van der Waals surface area contributed by atoms with Gasteiger partial charge < -0.3 is 11.7 Å². The molecule has 0 spiro atoms. The number of hydrogen-bond acceptors (Lipinski definition) is 1. The molecule has 0 fully saturated rings. The normalized spacial score (nSPS) is 5.33. The maximum absolute atomic E-state index is 7.69. The Balaban J connectivity index is 0. The van der Waals surface area contributed by atoms with Crippen molar-refractivity contribution in [3.8, 4) is 0 Å². The van der Waals surface area contributed by atoms with Gasteiger partial charge >= 0.3 is 30.0 Å². The van der Waals surface area contributed by atoms with Crippen molar-refractivity contribution in [3.63, 3.8) is 0 Å². The van der Waals surface area contributed by atoms with Crippen LogP contribution in [0.1, 0.15) is 0 Å². The van der Waals surface area contributed by atoms with Crippen LogP contribution in [0.5, 0.6) is 0 Å². The van der Waals surface area contributed by atoms with Gasteiger partial charge in [-0.05, 0) is 0 Å². The van der Waals surface area contributed by atoms with Crippen LogP contribution in [-0.2, 0) is 16.3 Å². The van der Waals surface area contributed by atoms with Crippen LogP contribution in [0.25, 0.3) is 0 Å². The second-order valence-corrected chi connectivity index (χ2v) is 0.418. The number of aliphatic hydroxyl groups excluding tert-OH is 1. The zero-order valence-electron chi connectivity index (χ0n) is 3.39. The quantitative estimate of drug-likeness (QED) is 0.493. The van der Waals surface area contributed by atoms with Crippen molar-refractivity contribution in [2.45, 2.75) is 0 Å². The van der Waals surface area contributed by atoms with Gasteiger partial charge in [0.05, 0.1) is 0 Å². The predicted octanol–water partition coefficient (Wildman–Crippen LogP) is 0.811. The molecule has 0 amide bonds. The van der Waals surface area contributed by atoms with Crippen molar-refractivity contribution in [3.05, 3.63) is 12.7 Å². The van der Waals surface area contributed by atoms with Crippen LogP contribution in [0, 0.1) is 6.58 Å². The van der Waals surface area contributed by atoms with Gasteiger partial charge in [-0.2, -0.15) is 0 Å². The Hall–Kier alpha value is 0.803. The Labute approximate surface area is 54.5 Å². The predicted molar refractivity (Wildman–Crippen MR) is 24.9 cm³/mol. The van der Waals surface area contributed by atoms with E-state index in [1.54, 1.807) is 0 Å². The number of hydrogen-bond donors (Lipinski definition) is 1. The summed E-state index contributed by atoms with van der Waals surface area (Å²) < 4.78 is 0. The molecule has 0 aromatic carbocycles. The van der Waals surface area contributed by atoms with Gasteiger partial charge in [-0.3, -0.25) is 0 Å². The average Bonchev–Trinajstić information content (AvgIpc) is 1.72. The first kappa shape index (κ1) is 9.93. The first-order valence-electron chi connectivity index (χ1n) is 1.33. The fourth-order valence-corrected chi connectivity index (χ4v) is 0. The minimum absolute atomic E-state index is 0.0278. The molecule has 0 atom stereocenters. The fraction of sp³-hybridized carbons (Fsp3) is 0.333. The van der Waals surface area contributed by atoms with Crippen molar-refractivity contribution in [1.29, 1.82) is 0 Å². The van der Waals surface area contributed by atoms with Gasteiger partial charge in [0.15, 0.2) is 0 Å². The molecule has 0 radical (unpaired) electrons. The van der Waals surface area contributed by atoms with Gasteiger partial charge in [-0.25, -0.2) is 6.08 Å². The first-order valence-corrected chi connectivity index (χ1v) is 8.27. The standard InChI is InChI=1S/C3H5O.BrH.Zn/c1-2-3-4;;/h1-2,4H,3H2;1H;/q-1;;+2/p-1. The Kier molecular flexibility index (Phi) is 28.2.